The van der Waals surface area contributed by atoms with E-state index in [-0.39, 0.29) is 18.6 Å². The van der Waals surface area contributed by atoms with E-state index in [9.17, 15) is 18.0 Å². The highest BCUT2D eigenvalue weighted by Gasteiger charge is 2.31. The van der Waals surface area contributed by atoms with Crippen molar-refractivity contribution in [1.82, 2.24) is 10.3 Å². The van der Waals surface area contributed by atoms with Crippen LogP contribution in [0.25, 0.3) is 0 Å². The number of carbonyl (C=O) groups excluding carboxylic acids is 1. The van der Waals surface area contributed by atoms with Crippen LogP contribution in [0.5, 0.6) is 5.75 Å². The van der Waals surface area contributed by atoms with Crippen molar-refractivity contribution in [3.63, 3.8) is 0 Å². The molecule has 1 atom stereocenters. The van der Waals surface area contributed by atoms with E-state index in [0.717, 1.165) is 12.3 Å². The van der Waals surface area contributed by atoms with E-state index in [4.69, 9.17) is 4.74 Å². The first-order valence-electron chi connectivity index (χ1n) is 9.52. The van der Waals surface area contributed by atoms with Gasteiger partial charge >= 0.3 is 6.18 Å². The number of nitrogens with one attached hydrogen (secondary N) is 1. The Morgan fingerprint density at radius 2 is 1.97 bits per heavy atom. The standard InChI is InChI=1S/C21H24F3N3O2/c1-14(2)15-3-6-18(7-4-15)29-13-20(28)26-17-9-10-27(12-17)19-8-5-16(11-25-19)21(22,23)24/h3-8,11,14,17H,9-10,12-13H2,1-2H3,(H,26,28). The maximum Gasteiger partial charge on any atom is 0.417 e. The van der Waals surface area contributed by atoms with Gasteiger partial charge in [-0.05, 0) is 42.2 Å². The molecule has 3 rings (SSSR count). The summed E-state index contributed by atoms with van der Waals surface area (Å²) in [5, 5.41) is 2.90. The number of hydrogen-bond donors (Lipinski definition) is 1. The number of halogens is 3. The Kier molecular flexibility index (Phi) is 6.30. The fourth-order valence-electron chi connectivity index (χ4n) is 3.19. The van der Waals surface area contributed by atoms with E-state index >= 15 is 0 Å². The highest BCUT2D eigenvalue weighted by Crippen LogP contribution is 2.30. The summed E-state index contributed by atoms with van der Waals surface area (Å²) in [4.78, 5) is 17.9. The second-order valence-corrected chi connectivity index (χ2v) is 7.41. The number of nitrogens with zero attached hydrogens (tertiary/aromatic N) is 2. The van der Waals surface area contributed by atoms with Crippen LogP contribution >= 0.6 is 0 Å². The maximum absolute atomic E-state index is 12.6. The fourth-order valence-corrected chi connectivity index (χ4v) is 3.19. The molecule has 1 saturated heterocycles. The minimum atomic E-state index is -4.40. The lowest BCUT2D eigenvalue weighted by Gasteiger charge is -2.18. The highest BCUT2D eigenvalue weighted by atomic mass is 19.4. The minimum absolute atomic E-state index is 0.0872. The summed E-state index contributed by atoms with van der Waals surface area (Å²) in [6.07, 6.45) is -2.88. The van der Waals surface area contributed by atoms with Crippen molar-refractivity contribution in [2.45, 2.75) is 38.4 Å². The fraction of sp³-hybridized carbons (Fsp3) is 0.429. The smallest absolute Gasteiger partial charge is 0.417 e. The van der Waals surface area contributed by atoms with Gasteiger partial charge in [-0.25, -0.2) is 4.98 Å². The lowest BCUT2D eigenvalue weighted by atomic mass is 10.0. The molecule has 156 valence electrons. The van der Waals surface area contributed by atoms with Crippen LogP contribution in [-0.4, -0.2) is 36.6 Å². The molecule has 1 unspecified atom stereocenters. The quantitative estimate of drug-likeness (QED) is 0.787. The number of benzene rings is 1. The molecule has 0 spiro atoms. The number of amides is 1. The molecular formula is C21H24F3N3O2. The molecule has 0 bridgehead atoms. The first kappa shape index (κ1) is 21.0. The molecule has 1 amide bonds. The Hall–Kier alpha value is -2.77. The van der Waals surface area contributed by atoms with Gasteiger partial charge in [0.2, 0.25) is 0 Å². The summed E-state index contributed by atoms with van der Waals surface area (Å²) < 4.78 is 43.4. The summed E-state index contributed by atoms with van der Waals surface area (Å²) >= 11 is 0. The van der Waals surface area contributed by atoms with Gasteiger partial charge in [0.05, 0.1) is 5.56 Å². The van der Waals surface area contributed by atoms with Gasteiger partial charge in [-0.2, -0.15) is 13.2 Å². The number of carbonyl (C=O) groups is 1. The van der Waals surface area contributed by atoms with Crippen molar-refractivity contribution >= 4 is 11.7 Å². The van der Waals surface area contributed by atoms with Crippen LogP contribution in [-0.2, 0) is 11.0 Å². The average Bonchev–Trinajstić information content (AvgIpc) is 3.14. The van der Waals surface area contributed by atoms with Crippen LogP contribution in [0.4, 0.5) is 19.0 Å². The summed E-state index contributed by atoms with van der Waals surface area (Å²) in [5.74, 6) is 1.30. The predicted molar refractivity (Wildman–Crippen MR) is 104 cm³/mol. The molecule has 1 aliphatic heterocycles. The van der Waals surface area contributed by atoms with Gasteiger partial charge in [0.15, 0.2) is 6.61 Å². The Morgan fingerprint density at radius 3 is 2.55 bits per heavy atom. The van der Waals surface area contributed by atoms with Crippen molar-refractivity contribution in [3.05, 3.63) is 53.7 Å². The lowest BCUT2D eigenvalue weighted by Crippen LogP contribution is -2.39. The van der Waals surface area contributed by atoms with Crippen molar-refractivity contribution in [3.8, 4) is 5.75 Å². The van der Waals surface area contributed by atoms with Gasteiger partial charge < -0.3 is 15.0 Å². The van der Waals surface area contributed by atoms with E-state index < -0.39 is 11.7 Å². The zero-order chi connectivity index (χ0) is 21.0. The highest BCUT2D eigenvalue weighted by molar-refractivity contribution is 5.78. The van der Waals surface area contributed by atoms with E-state index in [1.165, 1.54) is 11.6 Å². The molecule has 1 aromatic heterocycles. The van der Waals surface area contributed by atoms with E-state index in [0.29, 0.717) is 37.0 Å². The third kappa shape index (κ3) is 5.62. The molecule has 0 radical (unpaired) electrons. The molecule has 1 fully saturated rings. The van der Waals surface area contributed by atoms with Crippen molar-refractivity contribution in [2.75, 3.05) is 24.6 Å². The molecule has 2 aromatic rings. The second-order valence-electron chi connectivity index (χ2n) is 7.41. The third-order valence-corrected chi connectivity index (χ3v) is 4.87. The Bertz CT molecular complexity index is 821. The van der Waals surface area contributed by atoms with Gasteiger partial charge in [0.25, 0.3) is 5.91 Å². The van der Waals surface area contributed by atoms with Gasteiger partial charge in [0.1, 0.15) is 11.6 Å². The molecule has 2 heterocycles. The molecule has 1 aliphatic rings. The number of pyridine rings is 1. The van der Waals surface area contributed by atoms with Crippen LogP contribution < -0.4 is 15.0 Å². The molecule has 8 heteroatoms. The van der Waals surface area contributed by atoms with E-state index in [1.54, 1.807) is 0 Å². The monoisotopic (exact) mass is 407 g/mol. The average molecular weight is 407 g/mol. The van der Waals surface area contributed by atoms with Gasteiger partial charge in [-0.1, -0.05) is 26.0 Å². The number of hydrogen-bond acceptors (Lipinski definition) is 4. The number of aromatic nitrogens is 1. The minimum Gasteiger partial charge on any atom is -0.484 e. The topological polar surface area (TPSA) is 54.5 Å². The second kappa shape index (κ2) is 8.71. The van der Waals surface area contributed by atoms with Crippen LogP contribution in [0.1, 0.15) is 37.3 Å². The molecule has 29 heavy (non-hydrogen) atoms. The first-order chi connectivity index (χ1) is 13.7. The summed E-state index contributed by atoms with van der Waals surface area (Å²) in [6, 6.07) is 9.92. The van der Waals surface area contributed by atoms with E-state index in [1.807, 2.05) is 29.2 Å². The van der Waals surface area contributed by atoms with Gasteiger partial charge in [0, 0.05) is 25.3 Å². The largest absolute Gasteiger partial charge is 0.484 e. The summed E-state index contributed by atoms with van der Waals surface area (Å²) in [5.41, 5.74) is 0.425. The van der Waals surface area contributed by atoms with Crippen molar-refractivity contribution in [2.24, 2.45) is 0 Å². The lowest BCUT2D eigenvalue weighted by molar-refractivity contribution is -0.137. The molecular weight excluding hydrogens is 383 g/mol. The SMILES string of the molecule is CC(C)c1ccc(OCC(=O)NC2CCN(c3ccc(C(F)(F)F)cn3)C2)cc1. The number of rotatable bonds is 6. The van der Waals surface area contributed by atoms with E-state index in [2.05, 4.69) is 24.1 Å². The molecule has 0 saturated carbocycles. The summed E-state index contributed by atoms with van der Waals surface area (Å²) in [6.45, 7) is 5.23. The maximum atomic E-state index is 12.6. The van der Waals surface area contributed by atoms with Crippen molar-refractivity contribution < 1.29 is 22.7 Å². The van der Waals surface area contributed by atoms with Crippen LogP contribution in [0.15, 0.2) is 42.6 Å². The Balaban J connectivity index is 1.46. The van der Waals surface area contributed by atoms with Crippen LogP contribution in [0.2, 0.25) is 0 Å². The van der Waals surface area contributed by atoms with Crippen LogP contribution in [0.3, 0.4) is 0 Å². The van der Waals surface area contributed by atoms with Crippen LogP contribution in [0, 0.1) is 0 Å². The summed E-state index contributed by atoms with van der Waals surface area (Å²) in [7, 11) is 0. The normalized spacial score (nSPS) is 16.9. The molecule has 1 N–H and O–H groups in total. The molecule has 0 aliphatic carbocycles. The number of anilines is 1. The number of ether oxygens (including phenoxy) is 1. The molecule has 5 nitrogen and oxygen atoms in total. The molecule has 1 aromatic carbocycles. The van der Waals surface area contributed by atoms with Gasteiger partial charge in [-0.3, -0.25) is 4.79 Å². The van der Waals surface area contributed by atoms with Gasteiger partial charge in [-0.15, -0.1) is 0 Å². The zero-order valence-corrected chi connectivity index (χ0v) is 16.4. The van der Waals surface area contributed by atoms with Crippen molar-refractivity contribution in [1.29, 1.82) is 0 Å². The predicted octanol–water partition coefficient (Wildman–Crippen LogP) is 4.00. The first-order valence-corrected chi connectivity index (χ1v) is 9.52. The Morgan fingerprint density at radius 1 is 1.24 bits per heavy atom. The number of alkyl halides is 3. The zero-order valence-electron chi connectivity index (χ0n) is 16.4. The Labute approximate surface area is 167 Å². The third-order valence-electron chi connectivity index (χ3n) is 4.87.